The minimum Gasteiger partial charge on any atom is -0.396 e. The summed E-state index contributed by atoms with van der Waals surface area (Å²) in [5.41, 5.74) is 9.83. The van der Waals surface area contributed by atoms with Crippen LogP contribution in [0.5, 0.6) is 0 Å². The Morgan fingerprint density at radius 1 is 0.810 bits per heavy atom. The van der Waals surface area contributed by atoms with Crippen LogP contribution in [0, 0.1) is 5.41 Å². The number of hydrogen-bond acceptors (Lipinski definition) is 10. The summed E-state index contributed by atoms with van der Waals surface area (Å²) >= 11 is 0. The van der Waals surface area contributed by atoms with Gasteiger partial charge in [0.25, 0.3) is 0 Å². The highest BCUT2D eigenvalue weighted by molar-refractivity contribution is 6.50. The van der Waals surface area contributed by atoms with Crippen molar-refractivity contribution in [3.8, 4) is 0 Å². The Hall–Kier alpha value is -4.75. The fourth-order valence-electron chi connectivity index (χ4n) is 4.58. The molecule has 5 heterocycles. The maximum atomic E-state index is 8.64. The molecule has 0 fully saturated rings. The smallest absolute Gasteiger partial charge is 0.175 e. The first-order chi connectivity index (χ1) is 20.3. The molecule has 0 spiro atoms. The lowest BCUT2D eigenvalue weighted by atomic mass is 10.2. The van der Waals surface area contributed by atoms with Crippen LogP contribution in [-0.2, 0) is 0 Å². The number of nitrogens with one attached hydrogen (secondary N) is 4. The molecule has 4 aromatic heterocycles. The molecule has 0 bridgehead atoms. The maximum absolute atomic E-state index is 8.64. The summed E-state index contributed by atoms with van der Waals surface area (Å²) in [5.74, 6) is 2.04. The van der Waals surface area contributed by atoms with Gasteiger partial charge in [0, 0.05) is 25.5 Å². The average Bonchev–Trinajstić information content (AvgIpc) is 3.49. The summed E-state index contributed by atoms with van der Waals surface area (Å²) in [7, 11) is 8.22. The van der Waals surface area contributed by atoms with Crippen LogP contribution in [0.3, 0.4) is 0 Å². The van der Waals surface area contributed by atoms with Crippen molar-refractivity contribution in [1.29, 1.82) is 5.41 Å². The van der Waals surface area contributed by atoms with Gasteiger partial charge in [0.15, 0.2) is 23.3 Å². The van der Waals surface area contributed by atoms with Crippen LogP contribution in [0.2, 0.25) is 0 Å². The molecule has 1 aliphatic heterocycles. The van der Waals surface area contributed by atoms with Crippen LogP contribution >= 0.6 is 0 Å². The molecule has 13 nitrogen and oxygen atoms in total. The quantitative estimate of drug-likeness (QED) is 0.163. The number of nitrogens with two attached hydrogens (primary N) is 1. The number of aliphatic imine (C=N–C) groups is 2. The molecule has 5 rings (SSSR count). The van der Waals surface area contributed by atoms with E-state index in [-0.39, 0.29) is 5.71 Å². The summed E-state index contributed by atoms with van der Waals surface area (Å²) in [5, 5.41) is 28.1. The Morgan fingerprint density at radius 3 is 1.81 bits per heavy atom. The third kappa shape index (κ3) is 6.58. The van der Waals surface area contributed by atoms with Gasteiger partial charge in [-0.3, -0.25) is 5.41 Å². The molecule has 0 saturated heterocycles. The van der Waals surface area contributed by atoms with Crippen molar-refractivity contribution in [2.45, 2.75) is 12.8 Å². The van der Waals surface area contributed by atoms with Crippen molar-refractivity contribution in [1.82, 2.24) is 34.3 Å². The zero-order chi connectivity index (χ0) is 29.6. The predicted octanol–water partition coefficient (Wildman–Crippen LogP) is 2.93. The fraction of sp³-hybridized carbons (Fsp3) is 0.345. The summed E-state index contributed by atoms with van der Waals surface area (Å²) in [6.07, 6.45) is 7.24. The molecular weight excluding hydrogens is 530 g/mol. The molecule has 0 radical (unpaired) electrons. The second-order valence-electron chi connectivity index (χ2n) is 10.7. The van der Waals surface area contributed by atoms with E-state index >= 15 is 0 Å². The van der Waals surface area contributed by atoms with Crippen LogP contribution in [0.1, 0.15) is 12.8 Å². The minimum atomic E-state index is 0.155. The van der Waals surface area contributed by atoms with E-state index in [2.05, 4.69) is 53.9 Å². The van der Waals surface area contributed by atoms with E-state index in [1.165, 1.54) is 0 Å². The summed E-state index contributed by atoms with van der Waals surface area (Å²) in [4.78, 5) is 14.1. The van der Waals surface area contributed by atoms with E-state index < -0.39 is 0 Å². The molecule has 0 aliphatic carbocycles. The van der Waals surface area contributed by atoms with E-state index in [1.807, 2.05) is 48.8 Å². The molecule has 42 heavy (non-hydrogen) atoms. The summed E-state index contributed by atoms with van der Waals surface area (Å²) in [6.45, 7) is 3.40. The van der Waals surface area contributed by atoms with Crippen molar-refractivity contribution in [2.24, 2.45) is 15.7 Å². The van der Waals surface area contributed by atoms with Gasteiger partial charge in [-0.25, -0.2) is 19.0 Å². The molecule has 0 aromatic carbocycles. The summed E-state index contributed by atoms with van der Waals surface area (Å²) < 4.78 is 3.58. The van der Waals surface area contributed by atoms with Crippen LogP contribution in [0.25, 0.3) is 11.0 Å². The van der Waals surface area contributed by atoms with Gasteiger partial charge in [0.1, 0.15) is 11.4 Å². The van der Waals surface area contributed by atoms with Gasteiger partial charge in [-0.05, 0) is 84.5 Å². The molecule has 220 valence electrons. The lowest BCUT2D eigenvalue weighted by Crippen LogP contribution is -2.42. The number of amidine groups is 2. The summed E-state index contributed by atoms with van der Waals surface area (Å²) in [6, 6.07) is 11.7. The number of hydrogen-bond donors (Lipinski definition) is 5. The van der Waals surface area contributed by atoms with Gasteiger partial charge in [-0.15, -0.1) is 10.2 Å². The molecule has 4 aromatic rings. The standard InChI is InChI=1S/C29H39N13/c1-39(2)15-9-13-32-28-24(22-11-5-7-17-41(22)37-28)34-26-20(30)19-21(31)27(36-26)35-25-23-12-6-8-18-42(23)38-29(25)33-14-10-16-40(3)4/h5-8,11-12,17-19,30H,9-10,13-16,31H2,1-4H3,(H,32,37)(H,33,38)(H,34,35,36). The normalized spacial score (nSPS) is 15.8. The minimum absolute atomic E-state index is 0.155. The lowest BCUT2D eigenvalue weighted by Gasteiger charge is -2.18. The van der Waals surface area contributed by atoms with Crippen molar-refractivity contribution in [2.75, 3.05) is 65.0 Å². The number of rotatable bonds is 12. The van der Waals surface area contributed by atoms with Gasteiger partial charge in [0.2, 0.25) is 0 Å². The number of pyridine rings is 2. The molecule has 0 saturated carbocycles. The van der Waals surface area contributed by atoms with E-state index in [0.717, 1.165) is 50.1 Å². The van der Waals surface area contributed by atoms with E-state index in [1.54, 1.807) is 15.1 Å². The van der Waals surface area contributed by atoms with Crippen LogP contribution in [0.4, 0.5) is 23.0 Å². The second kappa shape index (κ2) is 12.8. The predicted molar refractivity (Wildman–Crippen MR) is 171 cm³/mol. The SMILES string of the molecule is CN(C)CCCNc1nn2ccccc2c1N=C1NC(=Nc2c(NCCCN(C)C)nn3ccccc23)C(N)=CC1=N. The van der Waals surface area contributed by atoms with Crippen molar-refractivity contribution in [3.63, 3.8) is 0 Å². The first-order valence-corrected chi connectivity index (χ1v) is 14.0. The number of fused-ring (bicyclic) bond motifs is 2. The number of aromatic nitrogens is 4. The van der Waals surface area contributed by atoms with E-state index in [0.29, 0.717) is 40.4 Å². The molecule has 1 aliphatic rings. The Morgan fingerprint density at radius 2 is 1.31 bits per heavy atom. The third-order valence-corrected chi connectivity index (χ3v) is 6.69. The first-order valence-electron chi connectivity index (χ1n) is 14.0. The van der Waals surface area contributed by atoms with E-state index in [9.17, 15) is 0 Å². The Balaban J connectivity index is 1.48. The Bertz CT molecular complexity index is 1650. The molecule has 0 unspecified atom stereocenters. The number of nitrogens with zero attached hydrogens (tertiary/aromatic N) is 8. The third-order valence-electron chi connectivity index (χ3n) is 6.69. The fourth-order valence-corrected chi connectivity index (χ4v) is 4.58. The highest BCUT2D eigenvalue weighted by Crippen LogP contribution is 2.32. The van der Waals surface area contributed by atoms with Gasteiger partial charge in [-0.1, -0.05) is 12.1 Å². The van der Waals surface area contributed by atoms with Gasteiger partial charge in [0.05, 0.1) is 22.4 Å². The monoisotopic (exact) mass is 569 g/mol. The molecule has 0 amide bonds. The van der Waals surface area contributed by atoms with Gasteiger partial charge < -0.3 is 31.5 Å². The van der Waals surface area contributed by atoms with Crippen LogP contribution < -0.4 is 21.7 Å². The number of anilines is 2. The zero-order valence-electron chi connectivity index (χ0n) is 24.6. The highest BCUT2D eigenvalue weighted by Gasteiger charge is 2.22. The van der Waals surface area contributed by atoms with Gasteiger partial charge >= 0.3 is 0 Å². The Labute approximate surface area is 245 Å². The molecule has 0 atom stereocenters. The van der Waals surface area contributed by atoms with E-state index in [4.69, 9.17) is 31.3 Å². The van der Waals surface area contributed by atoms with Crippen LogP contribution in [0.15, 0.2) is 70.5 Å². The first kappa shape index (κ1) is 28.8. The van der Waals surface area contributed by atoms with Gasteiger partial charge in [-0.2, -0.15) is 0 Å². The topological polar surface area (TPSA) is 152 Å². The maximum Gasteiger partial charge on any atom is 0.175 e. The largest absolute Gasteiger partial charge is 0.396 e. The molecular formula is C29H39N13. The van der Waals surface area contributed by atoms with Crippen LogP contribution in [-0.4, -0.2) is 101 Å². The van der Waals surface area contributed by atoms with Crippen molar-refractivity contribution >= 4 is 51.4 Å². The highest BCUT2D eigenvalue weighted by atomic mass is 15.3. The second-order valence-corrected chi connectivity index (χ2v) is 10.7. The molecule has 6 N–H and O–H groups in total. The lowest BCUT2D eigenvalue weighted by molar-refractivity contribution is 0.405. The van der Waals surface area contributed by atoms with Crippen molar-refractivity contribution in [3.05, 3.63) is 60.6 Å². The average molecular weight is 570 g/mol. The zero-order valence-corrected chi connectivity index (χ0v) is 24.6. The Kier molecular flexibility index (Phi) is 8.79. The molecule has 13 heteroatoms. The van der Waals surface area contributed by atoms with Crippen molar-refractivity contribution < 1.29 is 0 Å².